The van der Waals surface area contributed by atoms with Crippen LogP contribution >= 0.6 is 11.6 Å². The van der Waals surface area contributed by atoms with Crippen molar-refractivity contribution in [2.75, 3.05) is 5.32 Å². The van der Waals surface area contributed by atoms with Gasteiger partial charge in [-0.2, -0.15) is 0 Å². The average Bonchev–Trinajstić information content (AvgIpc) is 2.65. The van der Waals surface area contributed by atoms with Crippen molar-refractivity contribution in [1.29, 1.82) is 0 Å². The molecule has 0 unspecified atom stereocenters. The number of pyridine rings is 1. The van der Waals surface area contributed by atoms with E-state index in [1.54, 1.807) is 12.3 Å². The number of aryl methyl sites for hydroxylation is 1. The molecule has 2 N–H and O–H groups in total. The van der Waals surface area contributed by atoms with Gasteiger partial charge < -0.3 is 10.6 Å². The van der Waals surface area contributed by atoms with E-state index in [1.165, 1.54) is 0 Å². The first-order valence-electron chi connectivity index (χ1n) is 10.4. The van der Waals surface area contributed by atoms with E-state index in [4.69, 9.17) is 11.6 Å². The maximum Gasteiger partial charge on any atom is 0.255 e. The number of rotatable bonds is 3. The summed E-state index contributed by atoms with van der Waals surface area (Å²) >= 11 is 6.29. The fraction of sp³-hybridized carbons (Fsp3) is 0.320. The van der Waals surface area contributed by atoms with Gasteiger partial charge in [-0.15, -0.1) is 0 Å². The van der Waals surface area contributed by atoms with Gasteiger partial charge in [-0.3, -0.25) is 9.59 Å². The molecule has 1 amide bonds. The van der Waals surface area contributed by atoms with Crippen molar-refractivity contribution >= 4 is 29.1 Å². The Hall–Kier alpha value is -2.92. The van der Waals surface area contributed by atoms with E-state index in [2.05, 4.69) is 29.5 Å². The minimum absolute atomic E-state index is 0.0650. The van der Waals surface area contributed by atoms with Gasteiger partial charge >= 0.3 is 0 Å². The van der Waals surface area contributed by atoms with E-state index in [0.717, 1.165) is 28.9 Å². The second kappa shape index (κ2) is 7.97. The zero-order chi connectivity index (χ0) is 22.3. The van der Waals surface area contributed by atoms with Gasteiger partial charge in [-0.05, 0) is 61.1 Å². The molecular formula is C25H26ClN3O2. The van der Waals surface area contributed by atoms with Gasteiger partial charge in [-0.1, -0.05) is 37.6 Å². The van der Waals surface area contributed by atoms with Crippen LogP contribution in [0.4, 0.5) is 5.82 Å². The number of hydrogen-bond donors (Lipinski definition) is 2. The molecule has 0 bridgehead atoms. The summed E-state index contributed by atoms with van der Waals surface area (Å²) in [6.07, 6.45) is 2.85. The number of dihydropyridines is 1. The quantitative estimate of drug-likeness (QED) is 0.687. The van der Waals surface area contributed by atoms with Crippen molar-refractivity contribution in [2.24, 2.45) is 5.41 Å². The van der Waals surface area contributed by atoms with Crippen LogP contribution in [0.1, 0.15) is 50.7 Å². The molecule has 1 aromatic carbocycles. The Morgan fingerprint density at radius 2 is 1.97 bits per heavy atom. The molecule has 0 saturated heterocycles. The molecule has 1 aliphatic carbocycles. The van der Waals surface area contributed by atoms with E-state index in [0.29, 0.717) is 28.4 Å². The molecule has 1 atom stereocenters. The van der Waals surface area contributed by atoms with Crippen LogP contribution in [0.2, 0.25) is 5.02 Å². The first kappa shape index (κ1) is 21.3. The van der Waals surface area contributed by atoms with E-state index in [-0.39, 0.29) is 17.1 Å². The highest BCUT2D eigenvalue weighted by Gasteiger charge is 2.42. The third-order valence-corrected chi connectivity index (χ3v) is 6.06. The zero-order valence-corrected chi connectivity index (χ0v) is 18.9. The zero-order valence-electron chi connectivity index (χ0n) is 18.2. The molecule has 0 saturated carbocycles. The van der Waals surface area contributed by atoms with Crippen LogP contribution in [-0.4, -0.2) is 16.7 Å². The predicted molar refractivity (Wildman–Crippen MR) is 123 cm³/mol. The van der Waals surface area contributed by atoms with Crippen molar-refractivity contribution < 1.29 is 9.59 Å². The van der Waals surface area contributed by atoms with Crippen LogP contribution in [-0.2, 0) is 9.59 Å². The lowest BCUT2D eigenvalue weighted by Crippen LogP contribution is -2.39. The fourth-order valence-electron chi connectivity index (χ4n) is 4.54. The number of aromatic nitrogens is 1. The summed E-state index contributed by atoms with van der Waals surface area (Å²) in [5.41, 5.74) is 4.50. The molecule has 0 radical (unpaired) electrons. The van der Waals surface area contributed by atoms with Crippen molar-refractivity contribution in [3.63, 3.8) is 0 Å². The number of hydrogen-bond acceptors (Lipinski definition) is 4. The Labute approximate surface area is 187 Å². The van der Waals surface area contributed by atoms with E-state index >= 15 is 0 Å². The third kappa shape index (κ3) is 4.28. The molecule has 160 valence electrons. The summed E-state index contributed by atoms with van der Waals surface area (Å²) in [6, 6.07) is 11.1. The normalized spacial score (nSPS) is 20.3. The average molecular weight is 436 g/mol. The number of ketones is 1. The minimum Gasteiger partial charge on any atom is -0.362 e. The summed E-state index contributed by atoms with van der Waals surface area (Å²) < 4.78 is 0. The summed E-state index contributed by atoms with van der Waals surface area (Å²) in [5.74, 6) is -0.221. The Morgan fingerprint density at radius 3 is 2.68 bits per heavy atom. The van der Waals surface area contributed by atoms with Crippen LogP contribution in [0.5, 0.6) is 0 Å². The third-order valence-electron chi connectivity index (χ3n) is 5.82. The Balaban J connectivity index is 1.81. The van der Waals surface area contributed by atoms with Gasteiger partial charge in [0, 0.05) is 46.1 Å². The summed E-state index contributed by atoms with van der Waals surface area (Å²) in [4.78, 5) is 31.0. The molecule has 0 spiro atoms. The fourth-order valence-corrected chi connectivity index (χ4v) is 4.74. The second-order valence-corrected chi connectivity index (χ2v) is 9.59. The van der Waals surface area contributed by atoms with Crippen LogP contribution in [0.25, 0.3) is 0 Å². The molecule has 1 aromatic heterocycles. The lowest BCUT2D eigenvalue weighted by molar-refractivity contribution is -0.118. The monoisotopic (exact) mass is 435 g/mol. The predicted octanol–water partition coefficient (Wildman–Crippen LogP) is 5.29. The maximum absolute atomic E-state index is 13.5. The Morgan fingerprint density at radius 1 is 1.19 bits per heavy atom. The summed E-state index contributed by atoms with van der Waals surface area (Å²) in [7, 11) is 0. The summed E-state index contributed by atoms with van der Waals surface area (Å²) in [5, 5.41) is 6.85. The van der Waals surface area contributed by atoms with Crippen LogP contribution in [0, 0.1) is 12.3 Å². The number of allylic oxidation sites excluding steroid dienone is 3. The smallest absolute Gasteiger partial charge is 0.255 e. The molecule has 2 heterocycles. The molecular weight excluding hydrogens is 410 g/mol. The second-order valence-electron chi connectivity index (χ2n) is 9.16. The van der Waals surface area contributed by atoms with Crippen LogP contribution in [0.15, 0.2) is 65.1 Å². The van der Waals surface area contributed by atoms with E-state index in [1.807, 2.05) is 44.2 Å². The lowest BCUT2D eigenvalue weighted by Gasteiger charge is -2.39. The van der Waals surface area contributed by atoms with Crippen molar-refractivity contribution in [3.8, 4) is 0 Å². The van der Waals surface area contributed by atoms with Crippen molar-refractivity contribution in [3.05, 3.63) is 81.3 Å². The van der Waals surface area contributed by atoms with E-state index < -0.39 is 5.92 Å². The lowest BCUT2D eigenvalue weighted by atomic mass is 9.68. The minimum atomic E-state index is -0.483. The molecule has 1 aliphatic heterocycles. The number of halogens is 1. The summed E-state index contributed by atoms with van der Waals surface area (Å²) in [6.45, 7) is 8.01. The topological polar surface area (TPSA) is 71.1 Å². The van der Waals surface area contributed by atoms with Gasteiger partial charge in [0.1, 0.15) is 5.82 Å². The van der Waals surface area contributed by atoms with Crippen LogP contribution < -0.4 is 10.6 Å². The van der Waals surface area contributed by atoms with Gasteiger partial charge in [-0.25, -0.2) is 4.98 Å². The number of amides is 1. The van der Waals surface area contributed by atoms with Gasteiger partial charge in [0.2, 0.25) is 0 Å². The highest BCUT2D eigenvalue weighted by molar-refractivity contribution is 6.30. The number of Topliss-reactive ketones (excluding diaryl/α,β-unsaturated/α-hetero) is 1. The first-order chi connectivity index (χ1) is 14.6. The number of carbonyl (C=O) groups is 2. The number of anilines is 1. The molecule has 0 fully saturated rings. The first-order valence-corrected chi connectivity index (χ1v) is 10.8. The number of benzene rings is 1. The molecule has 2 aromatic rings. The van der Waals surface area contributed by atoms with Gasteiger partial charge in [0.05, 0.1) is 0 Å². The number of nitrogens with one attached hydrogen (secondary N) is 2. The van der Waals surface area contributed by atoms with Gasteiger partial charge in [0.25, 0.3) is 5.91 Å². The maximum atomic E-state index is 13.5. The molecule has 2 aliphatic rings. The standard InChI is InChI=1S/C25H26ClN3O2/c1-14-8-9-27-20(10-14)29-24(31)21-15(2)28-18-12-25(3,4)13-19(30)23(18)22(21)16-6-5-7-17(26)11-16/h5-11,22,28H,12-13H2,1-4H3,(H,27,29,31)/t22-/m1/s1. The Bertz CT molecular complexity index is 1150. The highest BCUT2D eigenvalue weighted by atomic mass is 35.5. The molecule has 5 nitrogen and oxygen atoms in total. The molecule has 31 heavy (non-hydrogen) atoms. The van der Waals surface area contributed by atoms with Crippen LogP contribution in [0.3, 0.4) is 0 Å². The van der Waals surface area contributed by atoms with E-state index in [9.17, 15) is 9.59 Å². The molecule has 6 heteroatoms. The Kier molecular flexibility index (Phi) is 5.48. The van der Waals surface area contributed by atoms with Crippen molar-refractivity contribution in [1.82, 2.24) is 10.3 Å². The largest absolute Gasteiger partial charge is 0.362 e. The molecule has 4 rings (SSSR count). The SMILES string of the molecule is CC1=C(C(=O)Nc2cc(C)ccn2)[C@@H](c2cccc(Cl)c2)C2=C(CC(C)(C)CC2=O)N1. The van der Waals surface area contributed by atoms with Gasteiger partial charge in [0.15, 0.2) is 5.78 Å². The number of nitrogens with zero attached hydrogens (tertiary/aromatic N) is 1. The van der Waals surface area contributed by atoms with Crippen molar-refractivity contribution in [2.45, 2.75) is 46.5 Å². The number of carbonyl (C=O) groups excluding carboxylic acids is 2. The highest BCUT2D eigenvalue weighted by Crippen LogP contribution is 2.47.